The Morgan fingerprint density at radius 1 is 1.24 bits per heavy atom. The first-order valence-corrected chi connectivity index (χ1v) is 5.77. The maximum absolute atomic E-state index is 10.8. The van der Waals surface area contributed by atoms with Crippen LogP contribution in [-0.2, 0) is 16.0 Å². The Bertz CT molecular complexity index is 394. The Balaban J connectivity index is 2.28. The summed E-state index contributed by atoms with van der Waals surface area (Å²) >= 11 is 0. The molecule has 0 bridgehead atoms. The summed E-state index contributed by atoms with van der Waals surface area (Å²) in [6.45, 7) is 7.59. The maximum atomic E-state index is 10.8. The number of carbonyl (C=O) groups excluding carboxylic acids is 1. The van der Waals surface area contributed by atoms with Crippen LogP contribution in [0.3, 0.4) is 0 Å². The third-order valence-corrected chi connectivity index (χ3v) is 2.53. The monoisotopic (exact) mass is 230 g/mol. The molecular weight excluding hydrogens is 212 g/mol. The summed E-state index contributed by atoms with van der Waals surface area (Å²) in [6, 6.07) is 8.19. The van der Waals surface area contributed by atoms with E-state index in [4.69, 9.17) is 4.74 Å². The molecule has 0 amide bonds. The van der Waals surface area contributed by atoms with Gasteiger partial charge in [-0.15, -0.1) is 0 Å². The van der Waals surface area contributed by atoms with E-state index in [1.165, 1.54) is 17.2 Å². The van der Waals surface area contributed by atoms with Crippen LogP contribution < -0.4 is 0 Å². The Morgan fingerprint density at radius 2 is 2.00 bits per heavy atom. The summed E-state index contributed by atoms with van der Waals surface area (Å²) in [5.41, 5.74) is 2.47. The highest BCUT2D eigenvalue weighted by atomic mass is 16.5. The highest BCUT2D eigenvalue weighted by Crippen LogP contribution is 2.13. The molecule has 0 saturated heterocycles. The van der Waals surface area contributed by atoms with Gasteiger partial charge in [0.1, 0.15) is 0 Å². The Morgan fingerprint density at radius 3 is 2.71 bits per heavy atom. The normalized spacial score (nSPS) is 9.65. The van der Waals surface area contributed by atoms with E-state index in [0.717, 1.165) is 19.3 Å². The molecule has 2 heteroatoms. The summed E-state index contributed by atoms with van der Waals surface area (Å²) in [5.74, 6) is -0.350. The van der Waals surface area contributed by atoms with Crippen LogP contribution in [0.1, 0.15) is 24.0 Å². The fraction of sp³-hybridized carbons (Fsp3) is 0.267. The van der Waals surface area contributed by atoms with Gasteiger partial charge in [-0.2, -0.15) is 0 Å². The lowest BCUT2D eigenvalue weighted by molar-refractivity contribution is -0.137. The Labute approximate surface area is 103 Å². The van der Waals surface area contributed by atoms with Crippen LogP contribution in [0.15, 0.2) is 43.5 Å². The minimum atomic E-state index is -0.350. The van der Waals surface area contributed by atoms with Gasteiger partial charge >= 0.3 is 5.97 Å². The van der Waals surface area contributed by atoms with Crippen LogP contribution in [0.25, 0.3) is 6.08 Å². The predicted molar refractivity (Wildman–Crippen MR) is 70.6 cm³/mol. The van der Waals surface area contributed by atoms with E-state index in [0.29, 0.717) is 6.61 Å². The van der Waals surface area contributed by atoms with Crippen LogP contribution in [0.4, 0.5) is 0 Å². The molecule has 0 unspecified atom stereocenters. The van der Waals surface area contributed by atoms with E-state index in [1.54, 1.807) is 0 Å². The molecule has 0 saturated carbocycles. The minimum Gasteiger partial charge on any atom is -0.463 e. The van der Waals surface area contributed by atoms with E-state index in [2.05, 4.69) is 25.3 Å². The van der Waals surface area contributed by atoms with E-state index >= 15 is 0 Å². The van der Waals surface area contributed by atoms with Gasteiger partial charge < -0.3 is 4.74 Å². The highest BCUT2D eigenvalue weighted by molar-refractivity contribution is 5.81. The van der Waals surface area contributed by atoms with Gasteiger partial charge in [0.05, 0.1) is 6.61 Å². The zero-order valence-electron chi connectivity index (χ0n) is 10.0. The van der Waals surface area contributed by atoms with Crippen molar-refractivity contribution in [2.24, 2.45) is 0 Å². The largest absolute Gasteiger partial charge is 0.463 e. The molecule has 0 fully saturated rings. The van der Waals surface area contributed by atoms with E-state index < -0.39 is 0 Å². The van der Waals surface area contributed by atoms with Gasteiger partial charge in [0.2, 0.25) is 0 Å². The van der Waals surface area contributed by atoms with Crippen molar-refractivity contribution in [2.75, 3.05) is 6.61 Å². The maximum Gasteiger partial charge on any atom is 0.330 e. The van der Waals surface area contributed by atoms with Gasteiger partial charge in [0.25, 0.3) is 0 Å². The van der Waals surface area contributed by atoms with Crippen molar-refractivity contribution in [3.05, 3.63) is 54.6 Å². The van der Waals surface area contributed by atoms with Crippen LogP contribution >= 0.6 is 0 Å². The lowest BCUT2D eigenvalue weighted by atomic mass is 10.0. The standard InChI is InChI=1S/C15H18O2/c1-3-13-9-5-6-10-14(13)11-7-8-12-17-15(16)4-2/h3-6,9-10H,1-2,7-8,11-12H2. The topological polar surface area (TPSA) is 26.3 Å². The second kappa shape index (κ2) is 7.44. The van der Waals surface area contributed by atoms with Gasteiger partial charge in [-0.3, -0.25) is 0 Å². The van der Waals surface area contributed by atoms with Gasteiger partial charge in [0, 0.05) is 6.08 Å². The summed E-state index contributed by atoms with van der Waals surface area (Å²) in [7, 11) is 0. The lowest BCUT2D eigenvalue weighted by Gasteiger charge is -2.05. The van der Waals surface area contributed by atoms with Gasteiger partial charge in [-0.25, -0.2) is 4.79 Å². The van der Waals surface area contributed by atoms with E-state index in [9.17, 15) is 4.79 Å². The third-order valence-electron chi connectivity index (χ3n) is 2.53. The van der Waals surface area contributed by atoms with Crippen LogP contribution in [0.2, 0.25) is 0 Å². The van der Waals surface area contributed by atoms with Crippen molar-refractivity contribution in [3.63, 3.8) is 0 Å². The highest BCUT2D eigenvalue weighted by Gasteiger charge is 1.99. The molecule has 1 rings (SSSR count). The molecule has 0 N–H and O–H groups in total. The lowest BCUT2D eigenvalue weighted by Crippen LogP contribution is -2.02. The predicted octanol–water partition coefficient (Wildman–Crippen LogP) is 3.38. The molecule has 0 aliphatic heterocycles. The summed E-state index contributed by atoms with van der Waals surface area (Å²) in [4.78, 5) is 10.8. The molecule has 0 heterocycles. The molecule has 0 radical (unpaired) electrons. The van der Waals surface area contributed by atoms with Gasteiger partial charge in [-0.1, -0.05) is 43.5 Å². The summed E-state index contributed by atoms with van der Waals surface area (Å²) in [6.07, 6.45) is 5.90. The van der Waals surface area contributed by atoms with Gasteiger partial charge in [0.15, 0.2) is 0 Å². The molecule has 0 atom stereocenters. The molecular formula is C15H18O2. The smallest absolute Gasteiger partial charge is 0.330 e. The molecule has 1 aromatic carbocycles. The van der Waals surface area contributed by atoms with Crippen molar-refractivity contribution in [1.82, 2.24) is 0 Å². The molecule has 2 nitrogen and oxygen atoms in total. The first kappa shape index (κ1) is 13.2. The van der Waals surface area contributed by atoms with Crippen LogP contribution in [0, 0.1) is 0 Å². The van der Waals surface area contributed by atoms with Crippen molar-refractivity contribution < 1.29 is 9.53 Å². The average Bonchev–Trinajstić information content (AvgIpc) is 2.38. The van der Waals surface area contributed by atoms with Crippen molar-refractivity contribution in [3.8, 4) is 0 Å². The number of esters is 1. The molecule has 0 aliphatic carbocycles. The number of rotatable bonds is 7. The van der Waals surface area contributed by atoms with E-state index in [1.807, 2.05) is 18.2 Å². The molecule has 1 aromatic rings. The number of hydrogen-bond donors (Lipinski definition) is 0. The second-order valence-electron chi connectivity index (χ2n) is 3.73. The summed E-state index contributed by atoms with van der Waals surface area (Å²) in [5, 5.41) is 0. The fourth-order valence-corrected chi connectivity index (χ4v) is 1.61. The van der Waals surface area contributed by atoms with Crippen LogP contribution in [0.5, 0.6) is 0 Å². The quantitative estimate of drug-likeness (QED) is 0.408. The van der Waals surface area contributed by atoms with Gasteiger partial charge in [-0.05, 0) is 30.4 Å². The molecule has 0 aromatic heterocycles. The summed E-state index contributed by atoms with van der Waals surface area (Å²) < 4.78 is 4.91. The van der Waals surface area contributed by atoms with Crippen LogP contribution in [-0.4, -0.2) is 12.6 Å². The number of aryl methyl sites for hydroxylation is 1. The van der Waals surface area contributed by atoms with E-state index in [-0.39, 0.29) is 5.97 Å². The molecule has 90 valence electrons. The zero-order chi connectivity index (χ0) is 12.5. The first-order chi connectivity index (χ1) is 8.27. The van der Waals surface area contributed by atoms with Crippen molar-refractivity contribution in [2.45, 2.75) is 19.3 Å². The first-order valence-electron chi connectivity index (χ1n) is 5.77. The van der Waals surface area contributed by atoms with Crippen molar-refractivity contribution >= 4 is 12.0 Å². The zero-order valence-corrected chi connectivity index (χ0v) is 10.0. The van der Waals surface area contributed by atoms with Crippen molar-refractivity contribution in [1.29, 1.82) is 0 Å². The minimum absolute atomic E-state index is 0.350. The average molecular weight is 230 g/mol. The number of hydrogen-bond acceptors (Lipinski definition) is 2. The molecule has 0 aliphatic rings. The number of benzene rings is 1. The molecule has 17 heavy (non-hydrogen) atoms. The molecule has 0 spiro atoms. The second-order valence-corrected chi connectivity index (χ2v) is 3.73. The SMILES string of the molecule is C=CC(=O)OCCCCc1ccccc1C=C. The Kier molecular flexibility index (Phi) is 5.80. The Hall–Kier alpha value is -1.83. The number of unbranched alkanes of at least 4 members (excludes halogenated alkanes) is 1. The number of ether oxygens (including phenoxy) is 1. The number of carbonyl (C=O) groups is 1. The third kappa shape index (κ3) is 4.68. The fourth-order valence-electron chi connectivity index (χ4n) is 1.61.